The molecule has 3 heteroatoms. The lowest BCUT2D eigenvalue weighted by Gasteiger charge is -2.51. The number of amides is 1. The SMILES string of the molecule is C[C@H](C(N)=O)N1C[C@@H]2CCCCCC[C@H]21. The van der Waals surface area contributed by atoms with Crippen LogP contribution >= 0.6 is 0 Å². The molecule has 86 valence electrons. The highest BCUT2D eigenvalue weighted by atomic mass is 16.1. The number of nitrogens with zero attached hydrogens (tertiary/aromatic N) is 1. The second-order valence-electron chi connectivity index (χ2n) is 5.09. The van der Waals surface area contributed by atoms with Crippen molar-refractivity contribution >= 4 is 5.91 Å². The number of nitrogens with two attached hydrogens (primary N) is 1. The minimum Gasteiger partial charge on any atom is -0.368 e. The van der Waals surface area contributed by atoms with Gasteiger partial charge in [-0.1, -0.05) is 25.7 Å². The smallest absolute Gasteiger partial charge is 0.234 e. The van der Waals surface area contributed by atoms with E-state index in [-0.39, 0.29) is 11.9 Å². The van der Waals surface area contributed by atoms with Crippen LogP contribution in [0.1, 0.15) is 45.4 Å². The maximum absolute atomic E-state index is 11.1. The van der Waals surface area contributed by atoms with Crippen molar-refractivity contribution in [1.29, 1.82) is 0 Å². The highest BCUT2D eigenvalue weighted by molar-refractivity contribution is 5.79. The second-order valence-corrected chi connectivity index (χ2v) is 5.09. The molecule has 0 aromatic heterocycles. The lowest BCUT2D eigenvalue weighted by Crippen LogP contribution is -2.62. The first-order valence-corrected chi connectivity index (χ1v) is 6.25. The summed E-state index contributed by atoms with van der Waals surface area (Å²) in [5, 5.41) is 0. The molecule has 2 N–H and O–H groups in total. The van der Waals surface area contributed by atoms with Crippen LogP contribution < -0.4 is 5.73 Å². The maximum atomic E-state index is 11.1. The number of fused-ring (bicyclic) bond motifs is 1. The molecule has 0 aromatic carbocycles. The van der Waals surface area contributed by atoms with Gasteiger partial charge in [0.2, 0.25) is 5.91 Å². The molecule has 0 bridgehead atoms. The molecule has 3 atom stereocenters. The zero-order chi connectivity index (χ0) is 10.8. The quantitative estimate of drug-likeness (QED) is 0.751. The number of hydrogen-bond acceptors (Lipinski definition) is 2. The molecular weight excluding hydrogens is 188 g/mol. The zero-order valence-corrected chi connectivity index (χ0v) is 9.61. The number of hydrogen-bond donors (Lipinski definition) is 1. The van der Waals surface area contributed by atoms with Gasteiger partial charge < -0.3 is 5.73 Å². The molecule has 2 fully saturated rings. The van der Waals surface area contributed by atoms with Crippen molar-refractivity contribution < 1.29 is 4.79 Å². The standard InChI is InChI=1S/C12H22N2O/c1-9(12(13)15)14-8-10-6-4-2-3-5-7-11(10)14/h9-11H,2-8H2,1H3,(H2,13,15)/t9-,10+,11-/m1/s1. The Morgan fingerprint density at radius 3 is 2.60 bits per heavy atom. The van der Waals surface area contributed by atoms with E-state index in [1.807, 2.05) is 6.92 Å². The summed E-state index contributed by atoms with van der Waals surface area (Å²) in [7, 11) is 0. The molecule has 1 amide bonds. The molecule has 1 saturated carbocycles. The number of rotatable bonds is 2. The van der Waals surface area contributed by atoms with Gasteiger partial charge in [-0.2, -0.15) is 0 Å². The van der Waals surface area contributed by atoms with E-state index >= 15 is 0 Å². The Kier molecular flexibility index (Phi) is 3.29. The van der Waals surface area contributed by atoms with Crippen LogP contribution in [0, 0.1) is 5.92 Å². The van der Waals surface area contributed by atoms with Crippen LogP contribution in [0.5, 0.6) is 0 Å². The zero-order valence-electron chi connectivity index (χ0n) is 9.61. The van der Waals surface area contributed by atoms with Gasteiger partial charge >= 0.3 is 0 Å². The van der Waals surface area contributed by atoms with E-state index in [4.69, 9.17) is 5.73 Å². The van der Waals surface area contributed by atoms with E-state index in [1.54, 1.807) is 0 Å². The summed E-state index contributed by atoms with van der Waals surface area (Å²) in [5.41, 5.74) is 5.36. The summed E-state index contributed by atoms with van der Waals surface area (Å²) in [6.45, 7) is 3.03. The van der Waals surface area contributed by atoms with Crippen LogP contribution in [0.2, 0.25) is 0 Å². The van der Waals surface area contributed by atoms with Crippen molar-refractivity contribution in [2.45, 2.75) is 57.5 Å². The molecule has 1 aliphatic carbocycles. The molecule has 0 unspecified atom stereocenters. The lowest BCUT2D eigenvalue weighted by molar-refractivity contribution is -0.129. The fourth-order valence-corrected chi connectivity index (χ4v) is 3.07. The van der Waals surface area contributed by atoms with Crippen LogP contribution in [-0.4, -0.2) is 29.4 Å². The Morgan fingerprint density at radius 2 is 1.93 bits per heavy atom. The van der Waals surface area contributed by atoms with Gasteiger partial charge in [-0.15, -0.1) is 0 Å². The number of likely N-dealkylation sites (tertiary alicyclic amines) is 1. The van der Waals surface area contributed by atoms with Crippen LogP contribution in [0.4, 0.5) is 0 Å². The van der Waals surface area contributed by atoms with E-state index in [9.17, 15) is 4.79 Å². The summed E-state index contributed by atoms with van der Waals surface area (Å²) < 4.78 is 0. The average Bonchev–Trinajstić information content (AvgIpc) is 2.16. The molecule has 1 heterocycles. The molecular formula is C12H22N2O. The minimum atomic E-state index is -0.171. The van der Waals surface area contributed by atoms with Crippen LogP contribution in [0.25, 0.3) is 0 Å². The molecule has 0 radical (unpaired) electrons. The van der Waals surface area contributed by atoms with Crippen molar-refractivity contribution in [3.63, 3.8) is 0 Å². The summed E-state index contributed by atoms with van der Waals surface area (Å²) in [4.78, 5) is 13.4. The number of primary amides is 1. The van der Waals surface area contributed by atoms with Gasteiger partial charge in [0.05, 0.1) is 6.04 Å². The van der Waals surface area contributed by atoms with E-state index in [0.29, 0.717) is 6.04 Å². The second kappa shape index (κ2) is 4.52. The molecule has 0 spiro atoms. The maximum Gasteiger partial charge on any atom is 0.234 e. The predicted molar refractivity (Wildman–Crippen MR) is 60.3 cm³/mol. The van der Waals surface area contributed by atoms with Crippen LogP contribution in [-0.2, 0) is 4.79 Å². The molecule has 1 saturated heterocycles. The van der Waals surface area contributed by atoms with Gasteiger partial charge in [-0.3, -0.25) is 9.69 Å². The molecule has 0 aromatic rings. The third kappa shape index (κ3) is 2.17. The normalized spacial score (nSPS) is 34.5. The van der Waals surface area contributed by atoms with Gasteiger partial charge in [0, 0.05) is 12.6 Å². The highest BCUT2D eigenvalue weighted by Crippen LogP contribution is 2.36. The van der Waals surface area contributed by atoms with Gasteiger partial charge in [0.15, 0.2) is 0 Å². The van der Waals surface area contributed by atoms with Crippen molar-refractivity contribution in [2.24, 2.45) is 11.7 Å². The highest BCUT2D eigenvalue weighted by Gasteiger charge is 2.41. The predicted octanol–water partition coefficient (Wildman–Crippen LogP) is 1.51. The van der Waals surface area contributed by atoms with E-state index in [2.05, 4.69) is 4.90 Å². The largest absolute Gasteiger partial charge is 0.368 e. The van der Waals surface area contributed by atoms with Crippen molar-refractivity contribution in [1.82, 2.24) is 4.90 Å². The molecule has 2 rings (SSSR count). The van der Waals surface area contributed by atoms with Crippen LogP contribution in [0.3, 0.4) is 0 Å². The summed E-state index contributed by atoms with van der Waals surface area (Å²) in [5.74, 6) is 0.669. The van der Waals surface area contributed by atoms with Gasteiger partial charge in [-0.05, 0) is 25.7 Å². The van der Waals surface area contributed by atoms with Gasteiger partial charge in [-0.25, -0.2) is 0 Å². The topological polar surface area (TPSA) is 46.3 Å². The molecule has 1 aliphatic heterocycles. The third-order valence-corrected chi connectivity index (χ3v) is 4.15. The first-order chi connectivity index (χ1) is 7.20. The van der Waals surface area contributed by atoms with E-state index < -0.39 is 0 Å². The minimum absolute atomic E-state index is 0.0642. The molecule has 3 nitrogen and oxygen atoms in total. The Bertz CT molecular complexity index is 242. The van der Waals surface area contributed by atoms with Gasteiger partial charge in [0.1, 0.15) is 0 Å². The monoisotopic (exact) mass is 210 g/mol. The van der Waals surface area contributed by atoms with Crippen molar-refractivity contribution in [3.05, 3.63) is 0 Å². The van der Waals surface area contributed by atoms with Crippen molar-refractivity contribution in [2.75, 3.05) is 6.54 Å². The lowest BCUT2D eigenvalue weighted by atomic mass is 9.78. The van der Waals surface area contributed by atoms with Gasteiger partial charge in [0.25, 0.3) is 0 Å². The Balaban J connectivity index is 1.92. The first-order valence-electron chi connectivity index (χ1n) is 6.25. The van der Waals surface area contributed by atoms with Crippen LogP contribution in [0.15, 0.2) is 0 Å². The summed E-state index contributed by atoms with van der Waals surface area (Å²) in [6, 6.07) is 0.582. The summed E-state index contributed by atoms with van der Waals surface area (Å²) in [6.07, 6.45) is 8.08. The first kappa shape index (κ1) is 10.9. The van der Waals surface area contributed by atoms with E-state index in [1.165, 1.54) is 38.5 Å². The fraction of sp³-hybridized carbons (Fsp3) is 0.917. The van der Waals surface area contributed by atoms with E-state index in [0.717, 1.165) is 12.5 Å². The third-order valence-electron chi connectivity index (χ3n) is 4.15. The molecule has 15 heavy (non-hydrogen) atoms. The average molecular weight is 210 g/mol. The Labute approximate surface area is 92.0 Å². The fourth-order valence-electron chi connectivity index (χ4n) is 3.07. The Hall–Kier alpha value is -0.570. The van der Waals surface area contributed by atoms with Crippen molar-refractivity contribution in [3.8, 4) is 0 Å². The number of carbonyl (C=O) groups excluding carboxylic acids is 1. The number of carbonyl (C=O) groups is 1. The molecule has 2 aliphatic rings. The Morgan fingerprint density at radius 1 is 1.27 bits per heavy atom. The summed E-state index contributed by atoms with van der Waals surface area (Å²) >= 11 is 0.